The van der Waals surface area contributed by atoms with E-state index in [0.717, 1.165) is 38.8 Å². The van der Waals surface area contributed by atoms with Gasteiger partial charge in [0.2, 0.25) is 0 Å². The smallest absolute Gasteiger partial charge is 0.306 e. The van der Waals surface area contributed by atoms with Gasteiger partial charge in [-0.1, -0.05) is 43.2 Å². The van der Waals surface area contributed by atoms with E-state index in [1.807, 2.05) is 30.5 Å². The number of furan rings is 1. The number of rotatable bonds is 2. The fourth-order valence-electron chi connectivity index (χ4n) is 4.63. The number of fused-ring (bicyclic) bond motifs is 4. The standard InChI is InChI=1S/C24H21BN4O/c1-17-28(18-9-4-3-5-10-18)24-21(12-8-14-26-24)29(17)27-16-20-19-11-6-7-13-22(19)30-23(20)15-25(27)2/h3-17H,1-2H3/t17-/m0/s1. The van der Waals surface area contributed by atoms with Gasteiger partial charge in [-0.2, -0.15) is 0 Å². The maximum absolute atomic E-state index is 6.10. The lowest BCUT2D eigenvalue weighted by Gasteiger charge is -2.40. The monoisotopic (exact) mass is 392 g/mol. The first-order valence-corrected chi connectivity index (χ1v) is 10.3. The maximum atomic E-state index is 6.10. The summed E-state index contributed by atoms with van der Waals surface area (Å²) in [6.45, 7) is 4.56. The van der Waals surface area contributed by atoms with Crippen molar-refractivity contribution >= 4 is 47.2 Å². The Morgan fingerprint density at radius 3 is 2.63 bits per heavy atom. The van der Waals surface area contributed by atoms with E-state index in [2.05, 4.69) is 83.2 Å². The van der Waals surface area contributed by atoms with Gasteiger partial charge in [0.1, 0.15) is 22.9 Å². The highest BCUT2D eigenvalue weighted by Crippen LogP contribution is 2.43. The first kappa shape index (κ1) is 17.2. The quantitative estimate of drug-likeness (QED) is 0.486. The zero-order valence-corrected chi connectivity index (χ0v) is 16.9. The molecule has 1 atom stereocenters. The molecule has 0 saturated carbocycles. The fourth-order valence-corrected chi connectivity index (χ4v) is 4.63. The van der Waals surface area contributed by atoms with Crippen LogP contribution in [0.3, 0.4) is 0 Å². The highest BCUT2D eigenvalue weighted by atomic mass is 16.3. The predicted molar refractivity (Wildman–Crippen MR) is 123 cm³/mol. The normalized spacial score (nSPS) is 17.6. The predicted octanol–water partition coefficient (Wildman–Crippen LogP) is 3.74. The molecular weight excluding hydrogens is 371 g/mol. The molecule has 5 nitrogen and oxygen atoms in total. The van der Waals surface area contributed by atoms with Gasteiger partial charge in [0.05, 0.1) is 0 Å². The molecule has 2 aromatic carbocycles. The Kier molecular flexibility index (Phi) is 3.69. The molecule has 2 aliphatic heterocycles. The molecule has 0 N–H and O–H groups in total. The lowest BCUT2D eigenvalue weighted by Crippen LogP contribution is -2.55. The van der Waals surface area contributed by atoms with Crippen LogP contribution in [0.25, 0.3) is 23.1 Å². The van der Waals surface area contributed by atoms with E-state index in [-0.39, 0.29) is 13.0 Å². The van der Waals surface area contributed by atoms with Crippen LogP contribution in [0.15, 0.2) is 77.3 Å². The van der Waals surface area contributed by atoms with Crippen molar-refractivity contribution in [3.05, 3.63) is 83.6 Å². The summed E-state index contributed by atoms with van der Waals surface area (Å²) in [4.78, 5) is 9.33. The van der Waals surface area contributed by atoms with E-state index in [9.17, 15) is 0 Å². The lowest BCUT2D eigenvalue weighted by atomic mass is 9.63. The average Bonchev–Trinajstić information content (AvgIpc) is 3.27. The molecule has 146 valence electrons. The molecule has 0 fully saturated rings. The molecule has 2 aliphatic rings. The Hall–Kier alpha value is -3.67. The van der Waals surface area contributed by atoms with E-state index in [1.165, 1.54) is 0 Å². The van der Waals surface area contributed by atoms with Crippen molar-refractivity contribution in [2.24, 2.45) is 0 Å². The van der Waals surface area contributed by atoms with Gasteiger partial charge in [0.25, 0.3) is 0 Å². The molecule has 0 amide bonds. The Morgan fingerprint density at radius 2 is 1.77 bits per heavy atom. The van der Waals surface area contributed by atoms with Crippen molar-refractivity contribution in [2.75, 3.05) is 9.91 Å². The molecule has 6 rings (SSSR count). The molecule has 4 heterocycles. The van der Waals surface area contributed by atoms with Gasteiger partial charge < -0.3 is 14.2 Å². The Labute approximate surface area is 175 Å². The topological polar surface area (TPSA) is 35.8 Å². The molecule has 0 spiro atoms. The first-order valence-electron chi connectivity index (χ1n) is 10.3. The Morgan fingerprint density at radius 1 is 0.967 bits per heavy atom. The zero-order chi connectivity index (χ0) is 20.2. The van der Waals surface area contributed by atoms with Crippen LogP contribution >= 0.6 is 0 Å². The summed E-state index contributed by atoms with van der Waals surface area (Å²) >= 11 is 0. The Balaban J connectivity index is 1.52. The SMILES string of the molecule is CB1C=c2oc3ccccc3c2=CN1N1c2cccnc2N(c2ccccc2)[C@@H]1C. The minimum atomic E-state index is 0.0733. The first-order chi connectivity index (χ1) is 14.7. The van der Waals surface area contributed by atoms with E-state index in [4.69, 9.17) is 9.40 Å². The van der Waals surface area contributed by atoms with Gasteiger partial charge in [-0.3, -0.25) is 5.01 Å². The molecule has 0 aliphatic carbocycles. The molecule has 30 heavy (non-hydrogen) atoms. The van der Waals surface area contributed by atoms with Crippen molar-refractivity contribution in [3.63, 3.8) is 0 Å². The summed E-state index contributed by atoms with van der Waals surface area (Å²) in [5, 5.41) is 4.60. The van der Waals surface area contributed by atoms with Gasteiger partial charge >= 0.3 is 6.85 Å². The van der Waals surface area contributed by atoms with Crippen LogP contribution in [0.2, 0.25) is 6.82 Å². The van der Waals surface area contributed by atoms with Crippen LogP contribution in [0.5, 0.6) is 0 Å². The summed E-state index contributed by atoms with van der Waals surface area (Å²) in [5.41, 5.74) is 4.10. The van der Waals surface area contributed by atoms with Crippen LogP contribution in [-0.4, -0.2) is 22.9 Å². The van der Waals surface area contributed by atoms with Crippen LogP contribution in [0, 0.1) is 0 Å². The zero-order valence-electron chi connectivity index (χ0n) is 16.9. The highest BCUT2D eigenvalue weighted by molar-refractivity contribution is 6.70. The third-order valence-corrected chi connectivity index (χ3v) is 5.99. The highest BCUT2D eigenvalue weighted by Gasteiger charge is 2.39. The van der Waals surface area contributed by atoms with Gasteiger partial charge in [-0.25, -0.2) is 4.98 Å². The van der Waals surface area contributed by atoms with E-state index >= 15 is 0 Å². The number of nitrogens with zero attached hydrogens (tertiary/aromatic N) is 4. The summed E-state index contributed by atoms with van der Waals surface area (Å²) in [7, 11) is 0. The maximum Gasteiger partial charge on any atom is 0.306 e. The molecule has 0 saturated heterocycles. The van der Waals surface area contributed by atoms with Crippen LogP contribution in [-0.2, 0) is 0 Å². The second-order valence-electron chi connectivity index (χ2n) is 7.82. The molecule has 0 radical (unpaired) electrons. The fraction of sp³-hybridized carbons (Fsp3) is 0.125. The molecule has 4 aromatic rings. The Bertz CT molecular complexity index is 1370. The summed E-state index contributed by atoms with van der Waals surface area (Å²) < 4.78 is 6.10. The van der Waals surface area contributed by atoms with Crippen molar-refractivity contribution in [3.8, 4) is 0 Å². The number of hydrogen-bond donors (Lipinski definition) is 0. The van der Waals surface area contributed by atoms with Gasteiger partial charge in [0.15, 0.2) is 5.82 Å². The number of aromatic nitrogens is 1. The van der Waals surface area contributed by atoms with E-state index < -0.39 is 0 Å². The van der Waals surface area contributed by atoms with E-state index in [1.54, 1.807) is 0 Å². The second kappa shape index (κ2) is 6.42. The lowest BCUT2D eigenvalue weighted by molar-refractivity contribution is 0.495. The number of para-hydroxylation sites is 2. The average molecular weight is 392 g/mol. The van der Waals surface area contributed by atoms with Crippen LogP contribution in [0.4, 0.5) is 17.2 Å². The summed E-state index contributed by atoms with van der Waals surface area (Å²) in [6, 6.07) is 22.8. The van der Waals surface area contributed by atoms with Crippen molar-refractivity contribution in [1.82, 2.24) is 9.90 Å². The van der Waals surface area contributed by atoms with Crippen molar-refractivity contribution < 1.29 is 4.42 Å². The number of anilines is 3. The molecular formula is C24H21BN4O. The minimum absolute atomic E-state index is 0.0733. The molecule has 6 heteroatoms. The largest absolute Gasteiger partial charge is 0.457 e. The number of hydrogen-bond acceptors (Lipinski definition) is 5. The third-order valence-electron chi connectivity index (χ3n) is 5.99. The molecule has 0 bridgehead atoms. The molecule has 0 unspecified atom stereocenters. The van der Waals surface area contributed by atoms with Crippen molar-refractivity contribution in [1.29, 1.82) is 0 Å². The minimum Gasteiger partial charge on any atom is -0.457 e. The number of pyridine rings is 1. The summed E-state index contributed by atoms with van der Waals surface area (Å²) in [6.07, 6.45) is 4.15. The van der Waals surface area contributed by atoms with Gasteiger partial charge in [-0.05, 0) is 43.2 Å². The van der Waals surface area contributed by atoms with Gasteiger partial charge in [-0.15, -0.1) is 0 Å². The van der Waals surface area contributed by atoms with Gasteiger partial charge in [0, 0.05) is 28.7 Å². The summed E-state index contributed by atoms with van der Waals surface area (Å²) in [5.74, 6) is 3.17. The second-order valence-corrected chi connectivity index (χ2v) is 7.82. The van der Waals surface area contributed by atoms with Crippen molar-refractivity contribution in [2.45, 2.75) is 19.9 Å². The van der Waals surface area contributed by atoms with Crippen LogP contribution in [0.1, 0.15) is 6.92 Å². The van der Waals surface area contributed by atoms with Crippen LogP contribution < -0.4 is 20.5 Å². The number of hydrazine groups is 1. The number of benzene rings is 2. The third kappa shape index (κ3) is 2.40. The molecule has 2 aromatic heterocycles. The van der Waals surface area contributed by atoms with E-state index in [0.29, 0.717) is 0 Å².